The number of carbonyl (C=O) groups excluding carboxylic acids is 3. The summed E-state index contributed by atoms with van der Waals surface area (Å²) >= 11 is 0. The van der Waals surface area contributed by atoms with Gasteiger partial charge in [-0.1, -0.05) is 32.9 Å². The van der Waals surface area contributed by atoms with Crippen LogP contribution in [-0.2, 0) is 14.3 Å². The van der Waals surface area contributed by atoms with Crippen molar-refractivity contribution < 1.29 is 24.2 Å². The predicted molar refractivity (Wildman–Crippen MR) is 111 cm³/mol. The first-order valence-electron chi connectivity index (χ1n) is 9.84. The van der Waals surface area contributed by atoms with Crippen LogP contribution in [0.1, 0.15) is 49.2 Å². The molecule has 2 heterocycles. The number of amides is 1. The molecular formula is C23H24N2O5. The molecule has 0 saturated heterocycles. The number of esters is 1. The Morgan fingerprint density at radius 2 is 2.00 bits per heavy atom. The maximum Gasteiger partial charge on any atom is 0.338 e. The zero-order valence-corrected chi connectivity index (χ0v) is 17.2. The van der Waals surface area contributed by atoms with Gasteiger partial charge in [-0.2, -0.15) is 0 Å². The molecule has 0 saturated carbocycles. The molecule has 1 N–H and O–H groups in total. The summed E-state index contributed by atoms with van der Waals surface area (Å²) < 4.78 is 5.18. The summed E-state index contributed by atoms with van der Waals surface area (Å²) in [6.07, 6.45) is 3.83. The molecule has 0 radical (unpaired) electrons. The van der Waals surface area contributed by atoms with Crippen molar-refractivity contribution in [3.8, 4) is 0 Å². The highest BCUT2D eigenvalue weighted by Gasteiger charge is 2.45. The molecule has 7 nitrogen and oxygen atoms in total. The largest absolute Gasteiger partial charge is 0.503 e. The molecule has 0 bridgehead atoms. The molecule has 1 aliphatic heterocycles. The van der Waals surface area contributed by atoms with Crippen molar-refractivity contribution in [2.75, 3.05) is 11.5 Å². The highest BCUT2D eigenvalue weighted by atomic mass is 16.5. The van der Waals surface area contributed by atoms with Crippen molar-refractivity contribution in [1.29, 1.82) is 0 Å². The van der Waals surface area contributed by atoms with E-state index in [1.807, 2.05) is 6.92 Å². The summed E-state index contributed by atoms with van der Waals surface area (Å²) in [5.74, 6) is -2.52. The number of hydrogen-bond donors (Lipinski definition) is 1. The van der Waals surface area contributed by atoms with E-state index < -0.39 is 29.6 Å². The Morgan fingerprint density at radius 3 is 2.63 bits per heavy atom. The fraction of sp³-hybridized carbons (Fsp3) is 0.304. The van der Waals surface area contributed by atoms with Crippen LogP contribution in [0.4, 0.5) is 5.69 Å². The molecule has 1 aromatic heterocycles. The quantitative estimate of drug-likeness (QED) is 0.701. The topological polar surface area (TPSA) is 96.8 Å². The summed E-state index contributed by atoms with van der Waals surface area (Å²) in [6.45, 7) is 5.60. The average molecular weight is 408 g/mol. The van der Waals surface area contributed by atoms with Gasteiger partial charge in [0.1, 0.15) is 0 Å². The highest BCUT2D eigenvalue weighted by Crippen LogP contribution is 2.41. The molecule has 1 unspecified atom stereocenters. The maximum absolute atomic E-state index is 13.0. The minimum atomic E-state index is -0.844. The van der Waals surface area contributed by atoms with Crippen molar-refractivity contribution in [3.63, 3.8) is 0 Å². The number of rotatable bonds is 7. The van der Waals surface area contributed by atoms with Crippen LogP contribution in [0.25, 0.3) is 0 Å². The summed E-state index contributed by atoms with van der Waals surface area (Å²) in [6, 6.07) is 8.98. The molecule has 156 valence electrons. The van der Waals surface area contributed by atoms with Crippen LogP contribution < -0.4 is 4.90 Å². The Balaban J connectivity index is 2.09. The van der Waals surface area contributed by atoms with Gasteiger partial charge in [-0.05, 0) is 36.2 Å². The lowest BCUT2D eigenvalue weighted by molar-refractivity contribution is -0.119. The lowest BCUT2D eigenvalue weighted by Crippen LogP contribution is -2.31. The van der Waals surface area contributed by atoms with Crippen molar-refractivity contribution in [2.24, 2.45) is 5.92 Å². The van der Waals surface area contributed by atoms with E-state index in [1.165, 1.54) is 11.0 Å². The van der Waals surface area contributed by atoms with Crippen molar-refractivity contribution in [1.82, 2.24) is 4.98 Å². The zero-order chi connectivity index (χ0) is 21.8. The van der Waals surface area contributed by atoms with Crippen molar-refractivity contribution in [3.05, 3.63) is 71.3 Å². The molecule has 2 aromatic rings. The van der Waals surface area contributed by atoms with Crippen LogP contribution in [0, 0.1) is 5.92 Å². The van der Waals surface area contributed by atoms with Gasteiger partial charge in [0.15, 0.2) is 11.5 Å². The maximum atomic E-state index is 13.0. The van der Waals surface area contributed by atoms with E-state index in [0.717, 1.165) is 0 Å². The molecule has 0 spiro atoms. The number of ether oxygens (including phenoxy) is 1. The van der Waals surface area contributed by atoms with Crippen molar-refractivity contribution >= 4 is 23.3 Å². The summed E-state index contributed by atoms with van der Waals surface area (Å²) in [5.41, 5.74) is 1.26. The van der Waals surface area contributed by atoms with Crippen LogP contribution in [0.3, 0.4) is 0 Å². The number of anilines is 1. The lowest BCUT2D eigenvalue weighted by Gasteiger charge is -2.27. The smallest absolute Gasteiger partial charge is 0.338 e. The monoisotopic (exact) mass is 408 g/mol. The number of aliphatic hydroxyl groups excluding tert-OH is 1. The zero-order valence-electron chi connectivity index (χ0n) is 17.2. The number of benzene rings is 1. The van der Waals surface area contributed by atoms with Gasteiger partial charge in [-0.3, -0.25) is 19.5 Å². The average Bonchev–Trinajstić information content (AvgIpc) is 3.02. The van der Waals surface area contributed by atoms with Gasteiger partial charge in [0, 0.05) is 24.0 Å². The molecule has 1 atom stereocenters. The second kappa shape index (κ2) is 8.90. The van der Waals surface area contributed by atoms with E-state index in [0.29, 0.717) is 24.3 Å². The fourth-order valence-electron chi connectivity index (χ4n) is 3.35. The number of aliphatic hydroxyl groups is 1. The standard InChI is InChI=1S/C23H24N2O5/c1-4-11-30-23(29)15-7-5-9-17(12-15)25-19(16-8-6-10-24-13-16)18(20(26)14(2)3)21(27)22(25)28/h5-10,12-14,19,27H,4,11H2,1-3H3. The first-order chi connectivity index (χ1) is 14.4. The molecule has 7 heteroatoms. The second-order valence-corrected chi connectivity index (χ2v) is 7.33. The number of hydrogen-bond acceptors (Lipinski definition) is 6. The molecule has 1 amide bonds. The van der Waals surface area contributed by atoms with Gasteiger partial charge in [0.25, 0.3) is 5.91 Å². The van der Waals surface area contributed by atoms with Gasteiger partial charge in [0.05, 0.1) is 23.8 Å². The Labute approximate surface area is 175 Å². The van der Waals surface area contributed by atoms with Gasteiger partial charge in [-0.15, -0.1) is 0 Å². The van der Waals surface area contributed by atoms with E-state index in [2.05, 4.69) is 4.98 Å². The number of carbonyl (C=O) groups is 3. The molecule has 0 aliphatic carbocycles. The summed E-state index contributed by atoms with van der Waals surface area (Å²) in [7, 11) is 0. The van der Waals surface area contributed by atoms with E-state index in [1.54, 1.807) is 56.6 Å². The van der Waals surface area contributed by atoms with Crippen LogP contribution >= 0.6 is 0 Å². The van der Waals surface area contributed by atoms with Gasteiger partial charge < -0.3 is 9.84 Å². The van der Waals surface area contributed by atoms with Crippen LogP contribution in [0.15, 0.2) is 60.1 Å². The van der Waals surface area contributed by atoms with Crippen LogP contribution in [0.2, 0.25) is 0 Å². The SMILES string of the molecule is CCCOC(=O)c1cccc(N2C(=O)C(O)=C(C(=O)C(C)C)C2c2cccnc2)c1. The fourth-order valence-corrected chi connectivity index (χ4v) is 3.35. The van der Waals surface area contributed by atoms with E-state index in [-0.39, 0.29) is 16.9 Å². The number of Topliss-reactive ketones (excluding diaryl/α,β-unsaturated/α-hetero) is 1. The Hall–Kier alpha value is -3.48. The number of ketones is 1. The molecule has 1 aromatic carbocycles. The van der Waals surface area contributed by atoms with E-state index in [4.69, 9.17) is 4.74 Å². The number of nitrogens with zero attached hydrogens (tertiary/aromatic N) is 2. The second-order valence-electron chi connectivity index (χ2n) is 7.33. The van der Waals surface area contributed by atoms with Gasteiger partial charge in [0.2, 0.25) is 0 Å². The van der Waals surface area contributed by atoms with Gasteiger partial charge in [-0.25, -0.2) is 4.79 Å². The Bertz CT molecular complexity index is 998. The highest BCUT2D eigenvalue weighted by molar-refractivity contribution is 6.17. The first kappa shape index (κ1) is 21.2. The van der Waals surface area contributed by atoms with Crippen LogP contribution in [-0.4, -0.2) is 34.4 Å². The lowest BCUT2D eigenvalue weighted by atomic mass is 9.92. The third kappa shape index (κ3) is 3.96. The summed E-state index contributed by atoms with van der Waals surface area (Å²) in [4.78, 5) is 43.6. The third-order valence-corrected chi connectivity index (χ3v) is 4.80. The van der Waals surface area contributed by atoms with Gasteiger partial charge >= 0.3 is 5.97 Å². The predicted octanol–water partition coefficient (Wildman–Crippen LogP) is 3.77. The van der Waals surface area contributed by atoms with E-state index >= 15 is 0 Å². The van der Waals surface area contributed by atoms with Crippen molar-refractivity contribution in [2.45, 2.75) is 33.2 Å². The normalized spacial score (nSPS) is 16.3. The number of aromatic nitrogens is 1. The molecule has 3 rings (SSSR count). The molecule has 0 fully saturated rings. The minimum absolute atomic E-state index is 0.0296. The molecule has 30 heavy (non-hydrogen) atoms. The minimum Gasteiger partial charge on any atom is -0.503 e. The Morgan fingerprint density at radius 1 is 1.23 bits per heavy atom. The number of pyridine rings is 1. The Kier molecular flexibility index (Phi) is 6.30. The molecular weight excluding hydrogens is 384 g/mol. The first-order valence-corrected chi connectivity index (χ1v) is 9.84. The summed E-state index contributed by atoms with van der Waals surface area (Å²) in [5, 5.41) is 10.6. The van der Waals surface area contributed by atoms with E-state index in [9.17, 15) is 19.5 Å². The third-order valence-electron chi connectivity index (χ3n) is 4.80. The molecule has 1 aliphatic rings. The van der Waals surface area contributed by atoms with Crippen LogP contribution in [0.5, 0.6) is 0 Å².